The Morgan fingerprint density at radius 2 is 2.26 bits per heavy atom. The number of hydrogen-bond acceptors (Lipinski definition) is 4. The number of pyridine rings is 1. The van der Waals surface area contributed by atoms with Crippen LogP contribution in [0.15, 0.2) is 18.3 Å². The average Bonchev–Trinajstić information content (AvgIpc) is 2.58. The van der Waals surface area contributed by atoms with Crippen LogP contribution in [0.2, 0.25) is 0 Å². The second-order valence-electron chi connectivity index (χ2n) is 6.57. The summed E-state index contributed by atoms with van der Waals surface area (Å²) in [6.07, 6.45) is 7.29. The lowest BCUT2D eigenvalue weighted by molar-refractivity contribution is 0.0608. The van der Waals surface area contributed by atoms with Crippen molar-refractivity contribution in [3.63, 3.8) is 0 Å². The Labute approximate surface area is 140 Å². The van der Waals surface area contributed by atoms with Crippen molar-refractivity contribution in [2.45, 2.75) is 45.1 Å². The van der Waals surface area contributed by atoms with E-state index in [0.29, 0.717) is 6.04 Å². The van der Waals surface area contributed by atoms with E-state index < -0.39 is 0 Å². The molecular formula is C18H30N4O. The van der Waals surface area contributed by atoms with Gasteiger partial charge in [-0.3, -0.25) is 4.79 Å². The highest BCUT2D eigenvalue weighted by Gasteiger charge is 2.26. The molecule has 1 aromatic rings. The van der Waals surface area contributed by atoms with E-state index in [0.717, 1.165) is 56.7 Å². The predicted octanol–water partition coefficient (Wildman–Crippen LogP) is 2.85. The molecule has 1 saturated heterocycles. The van der Waals surface area contributed by atoms with Crippen molar-refractivity contribution in [3.8, 4) is 0 Å². The standard InChI is InChI=1S/C18H30N4O/c1-4-16-8-5-6-13-22(16)18(23)15-9-11-20-17(14-15)19-10-7-12-21(2)3/h9,11,14,16H,4-8,10,12-13H2,1-3H3,(H,19,20). The average molecular weight is 318 g/mol. The van der Waals surface area contributed by atoms with Gasteiger partial charge >= 0.3 is 0 Å². The van der Waals surface area contributed by atoms with Gasteiger partial charge in [0.25, 0.3) is 5.91 Å². The minimum atomic E-state index is 0.148. The first-order valence-corrected chi connectivity index (χ1v) is 8.77. The monoisotopic (exact) mass is 318 g/mol. The molecule has 1 amide bonds. The van der Waals surface area contributed by atoms with Crippen LogP contribution in [0.1, 0.15) is 49.4 Å². The van der Waals surface area contributed by atoms with E-state index >= 15 is 0 Å². The first kappa shape index (κ1) is 17.7. The molecule has 128 valence electrons. The zero-order valence-corrected chi connectivity index (χ0v) is 14.7. The number of amides is 1. The fourth-order valence-electron chi connectivity index (χ4n) is 3.13. The third-order valence-corrected chi connectivity index (χ3v) is 4.45. The number of nitrogens with zero attached hydrogens (tertiary/aromatic N) is 3. The summed E-state index contributed by atoms with van der Waals surface area (Å²) in [5.74, 6) is 0.940. The van der Waals surface area contributed by atoms with Gasteiger partial charge in [-0.2, -0.15) is 0 Å². The van der Waals surface area contributed by atoms with Gasteiger partial charge in [0.15, 0.2) is 0 Å². The minimum absolute atomic E-state index is 0.148. The summed E-state index contributed by atoms with van der Waals surface area (Å²) >= 11 is 0. The van der Waals surface area contributed by atoms with Crippen molar-refractivity contribution in [1.29, 1.82) is 0 Å². The van der Waals surface area contributed by atoms with Crippen molar-refractivity contribution in [2.75, 3.05) is 39.0 Å². The lowest BCUT2D eigenvalue weighted by Gasteiger charge is -2.35. The predicted molar refractivity (Wildman–Crippen MR) is 94.9 cm³/mol. The molecule has 1 unspecified atom stereocenters. The summed E-state index contributed by atoms with van der Waals surface area (Å²) in [5.41, 5.74) is 0.746. The summed E-state index contributed by atoms with van der Waals surface area (Å²) in [6, 6.07) is 4.11. The number of aromatic nitrogens is 1. The number of piperidine rings is 1. The van der Waals surface area contributed by atoms with Crippen molar-refractivity contribution in [2.24, 2.45) is 0 Å². The van der Waals surface area contributed by atoms with Crippen molar-refractivity contribution in [1.82, 2.24) is 14.8 Å². The highest BCUT2D eigenvalue weighted by Crippen LogP contribution is 2.22. The first-order chi connectivity index (χ1) is 11.1. The van der Waals surface area contributed by atoms with Gasteiger partial charge in [0.1, 0.15) is 5.82 Å². The lowest BCUT2D eigenvalue weighted by atomic mass is 9.99. The second-order valence-corrected chi connectivity index (χ2v) is 6.57. The maximum Gasteiger partial charge on any atom is 0.254 e. The van der Waals surface area contributed by atoms with E-state index in [2.05, 4.69) is 41.1 Å². The largest absolute Gasteiger partial charge is 0.370 e. The molecule has 1 atom stereocenters. The first-order valence-electron chi connectivity index (χ1n) is 8.77. The van der Waals surface area contributed by atoms with Gasteiger partial charge in [-0.15, -0.1) is 0 Å². The van der Waals surface area contributed by atoms with Gasteiger partial charge in [0.05, 0.1) is 0 Å². The van der Waals surface area contributed by atoms with Crippen LogP contribution in [-0.4, -0.2) is 60.5 Å². The molecule has 1 N–H and O–H groups in total. The smallest absolute Gasteiger partial charge is 0.254 e. The molecule has 5 heteroatoms. The molecule has 0 aromatic carbocycles. The number of carbonyl (C=O) groups excluding carboxylic acids is 1. The van der Waals surface area contributed by atoms with Crippen LogP contribution in [0.4, 0.5) is 5.82 Å². The van der Waals surface area contributed by atoms with Gasteiger partial charge in [-0.05, 0) is 64.9 Å². The molecular weight excluding hydrogens is 288 g/mol. The van der Waals surface area contributed by atoms with Gasteiger partial charge < -0.3 is 15.1 Å². The van der Waals surface area contributed by atoms with Crippen LogP contribution in [0.5, 0.6) is 0 Å². The highest BCUT2D eigenvalue weighted by molar-refractivity contribution is 5.95. The third-order valence-electron chi connectivity index (χ3n) is 4.45. The number of rotatable bonds is 7. The zero-order chi connectivity index (χ0) is 16.7. The third kappa shape index (κ3) is 5.20. The van der Waals surface area contributed by atoms with Crippen molar-refractivity contribution >= 4 is 11.7 Å². The van der Waals surface area contributed by atoms with E-state index in [9.17, 15) is 4.79 Å². The normalized spacial score (nSPS) is 18.3. The van der Waals surface area contributed by atoms with E-state index in [1.54, 1.807) is 6.20 Å². The zero-order valence-electron chi connectivity index (χ0n) is 14.7. The Morgan fingerprint density at radius 3 is 3.00 bits per heavy atom. The summed E-state index contributed by atoms with van der Waals surface area (Å²) in [6.45, 7) is 4.95. The maximum atomic E-state index is 12.8. The second kappa shape index (κ2) is 8.87. The molecule has 1 aliphatic rings. The Balaban J connectivity index is 1.96. The molecule has 5 nitrogen and oxygen atoms in total. The molecule has 1 aromatic heterocycles. The number of carbonyl (C=O) groups is 1. The molecule has 2 heterocycles. The van der Waals surface area contributed by atoms with E-state index in [1.165, 1.54) is 6.42 Å². The Bertz CT molecular complexity index is 504. The van der Waals surface area contributed by atoms with E-state index in [-0.39, 0.29) is 5.91 Å². The van der Waals surface area contributed by atoms with Crippen LogP contribution in [0.3, 0.4) is 0 Å². The van der Waals surface area contributed by atoms with Crippen molar-refractivity contribution in [3.05, 3.63) is 23.9 Å². The number of anilines is 1. The van der Waals surface area contributed by atoms with Gasteiger partial charge in [0.2, 0.25) is 0 Å². The lowest BCUT2D eigenvalue weighted by Crippen LogP contribution is -2.43. The molecule has 2 rings (SSSR count). The van der Waals surface area contributed by atoms with Gasteiger partial charge in [-0.1, -0.05) is 6.92 Å². The van der Waals surface area contributed by atoms with Crippen LogP contribution < -0.4 is 5.32 Å². The van der Waals surface area contributed by atoms with Crippen LogP contribution in [0.25, 0.3) is 0 Å². The van der Waals surface area contributed by atoms with Gasteiger partial charge in [0, 0.05) is 30.9 Å². The molecule has 0 bridgehead atoms. The SMILES string of the molecule is CCC1CCCCN1C(=O)c1ccnc(NCCCN(C)C)c1. The molecule has 0 saturated carbocycles. The molecule has 1 aliphatic heterocycles. The number of likely N-dealkylation sites (tertiary alicyclic amines) is 1. The maximum absolute atomic E-state index is 12.8. The summed E-state index contributed by atoms with van der Waals surface area (Å²) in [5, 5.41) is 3.31. The fourth-order valence-corrected chi connectivity index (χ4v) is 3.13. The van der Waals surface area contributed by atoms with E-state index in [4.69, 9.17) is 0 Å². The Kier molecular flexibility index (Phi) is 6.84. The number of hydrogen-bond donors (Lipinski definition) is 1. The number of nitrogens with one attached hydrogen (secondary N) is 1. The van der Waals surface area contributed by atoms with Gasteiger partial charge in [-0.25, -0.2) is 4.98 Å². The topological polar surface area (TPSA) is 48.5 Å². The summed E-state index contributed by atoms with van der Waals surface area (Å²) < 4.78 is 0. The molecule has 0 spiro atoms. The molecule has 0 aliphatic carbocycles. The van der Waals surface area contributed by atoms with Crippen LogP contribution in [0, 0.1) is 0 Å². The Morgan fingerprint density at radius 1 is 1.43 bits per heavy atom. The summed E-state index contributed by atoms with van der Waals surface area (Å²) in [7, 11) is 4.14. The molecule has 1 fully saturated rings. The molecule has 23 heavy (non-hydrogen) atoms. The quantitative estimate of drug-likeness (QED) is 0.785. The van der Waals surface area contributed by atoms with E-state index in [1.807, 2.05) is 12.1 Å². The van der Waals surface area contributed by atoms with Crippen LogP contribution >= 0.6 is 0 Å². The van der Waals surface area contributed by atoms with Crippen molar-refractivity contribution < 1.29 is 4.79 Å². The fraction of sp³-hybridized carbons (Fsp3) is 0.667. The highest BCUT2D eigenvalue weighted by atomic mass is 16.2. The summed E-state index contributed by atoms with van der Waals surface area (Å²) in [4.78, 5) is 21.3. The minimum Gasteiger partial charge on any atom is -0.370 e. The Hall–Kier alpha value is -1.62. The molecule has 0 radical (unpaired) electrons. The van der Waals surface area contributed by atoms with Crippen LogP contribution in [-0.2, 0) is 0 Å².